The van der Waals surface area contributed by atoms with Crippen LogP contribution in [0.1, 0.15) is 42.6 Å². The number of aliphatic hydroxyl groups is 2. The van der Waals surface area contributed by atoms with Crippen LogP contribution in [0.3, 0.4) is 0 Å². The van der Waals surface area contributed by atoms with Crippen LogP contribution in [0.4, 0.5) is 4.39 Å². The number of fused-ring (bicyclic) bond motifs is 1. The molecule has 2 unspecified atom stereocenters. The van der Waals surface area contributed by atoms with E-state index < -0.39 is 17.8 Å². The second-order valence-corrected chi connectivity index (χ2v) is 8.12. The SMILES string of the molecule is COc1ccc(C(O)CN2CCC3(CC2)CC(O)c2cc(F)ccc2O3)cc1OC. The first-order valence-corrected chi connectivity index (χ1v) is 10.2. The smallest absolute Gasteiger partial charge is 0.161 e. The summed E-state index contributed by atoms with van der Waals surface area (Å²) in [4.78, 5) is 2.20. The molecule has 2 aromatic rings. The van der Waals surface area contributed by atoms with Crippen molar-refractivity contribution in [3.05, 3.63) is 53.3 Å². The molecule has 0 saturated carbocycles. The minimum Gasteiger partial charge on any atom is -0.493 e. The Hall–Kier alpha value is -2.35. The topological polar surface area (TPSA) is 71.4 Å². The van der Waals surface area contributed by atoms with Crippen LogP contribution in [-0.4, -0.2) is 54.6 Å². The highest BCUT2D eigenvalue weighted by Gasteiger charge is 2.43. The molecule has 0 aromatic heterocycles. The number of nitrogens with zero attached hydrogens (tertiary/aromatic N) is 1. The Kier molecular flexibility index (Phi) is 5.86. The maximum Gasteiger partial charge on any atom is 0.161 e. The van der Waals surface area contributed by atoms with Crippen molar-refractivity contribution in [1.82, 2.24) is 4.90 Å². The molecule has 2 heterocycles. The number of piperidine rings is 1. The van der Waals surface area contributed by atoms with Crippen molar-refractivity contribution >= 4 is 0 Å². The highest BCUT2D eigenvalue weighted by atomic mass is 19.1. The first kappa shape index (κ1) is 20.9. The van der Waals surface area contributed by atoms with Crippen LogP contribution >= 0.6 is 0 Å². The summed E-state index contributed by atoms with van der Waals surface area (Å²) in [6.07, 6.45) is 0.544. The number of hydrogen-bond donors (Lipinski definition) is 2. The third-order valence-corrected chi connectivity index (χ3v) is 6.21. The molecule has 0 aliphatic carbocycles. The number of ether oxygens (including phenoxy) is 3. The number of halogens is 1. The van der Waals surface area contributed by atoms with E-state index in [-0.39, 0.29) is 5.82 Å². The van der Waals surface area contributed by atoms with Crippen molar-refractivity contribution in [3.8, 4) is 17.2 Å². The summed E-state index contributed by atoms with van der Waals surface area (Å²) in [6, 6.07) is 9.74. The number of hydrogen-bond acceptors (Lipinski definition) is 6. The average Bonchev–Trinajstić information content (AvgIpc) is 2.75. The van der Waals surface area contributed by atoms with Gasteiger partial charge >= 0.3 is 0 Å². The molecule has 1 saturated heterocycles. The normalized spacial score (nSPS) is 21.6. The molecule has 1 spiro atoms. The Balaban J connectivity index is 1.39. The van der Waals surface area contributed by atoms with Crippen molar-refractivity contribution < 1.29 is 28.8 Å². The summed E-state index contributed by atoms with van der Waals surface area (Å²) in [5.41, 5.74) is 0.842. The summed E-state index contributed by atoms with van der Waals surface area (Å²) in [5.74, 6) is 1.41. The van der Waals surface area contributed by atoms with Gasteiger partial charge in [-0.3, -0.25) is 0 Å². The van der Waals surface area contributed by atoms with E-state index in [1.807, 2.05) is 6.07 Å². The minimum atomic E-state index is -0.728. The number of likely N-dealkylation sites (tertiary alicyclic amines) is 1. The molecule has 7 heteroatoms. The lowest BCUT2D eigenvalue weighted by Crippen LogP contribution is -2.51. The van der Waals surface area contributed by atoms with Crippen LogP contribution in [0.2, 0.25) is 0 Å². The predicted molar refractivity (Wildman–Crippen MR) is 110 cm³/mol. The van der Waals surface area contributed by atoms with Gasteiger partial charge in [0.25, 0.3) is 0 Å². The molecule has 0 bridgehead atoms. The molecule has 4 rings (SSSR count). The van der Waals surface area contributed by atoms with Gasteiger partial charge in [-0.15, -0.1) is 0 Å². The highest BCUT2D eigenvalue weighted by Crippen LogP contribution is 2.44. The van der Waals surface area contributed by atoms with Gasteiger partial charge in [-0.2, -0.15) is 0 Å². The number of aliphatic hydroxyl groups excluding tert-OH is 2. The van der Waals surface area contributed by atoms with Crippen LogP contribution in [0.25, 0.3) is 0 Å². The first-order chi connectivity index (χ1) is 14.4. The van der Waals surface area contributed by atoms with Gasteiger partial charge in [-0.25, -0.2) is 4.39 Å². The van der Waals surface area contributed by atoms with Crippen LogP contribution in [0.5, 0.6) is 17.2 Å². The Bertz CT molecular complexity index is 897. The second-order valence-electron chi connectivity index (χ2n) is 8.12. The number of methoxy groups -OCH3 is 2. The molecule has 30 heavy (non-hydrogen) atoms. The van der Waals surface area contributed by atoms with Crippen molar-refractivity contribution in [2.45, 2.75) is 37.1 Å². The van der Waals surface area contributed by atoms with Crippen molar-refractivity contribution in [2.75, 3.05) is 33.9 Å². The molecule has 2 N–H and O–H groups in total. The molecule has 0 amide bonds. The van der Waals surface area contributed by atoms with E-state index in [1.165, 1.54) is 12.1 Å². The molecule has 1 fully saturated rings. The maximum absolute atomic E-state index is 13.5. The molecular weight excluding hydrogens is 389 g/mol. The predicted octanol–water partition coefficient (Wildman–Crippen LogP) is 3.23. The fraction of sp³-hybridized carbons (Fsp3) is 0.478. The minimum absolute atomic E-state index is 0.369. The lowest BCUT2D eigenvalue weighted by Gasteiger charge is -2.46. The standard InChI is InChI=1S/C23H28FNO5/c1-28-21-5-3-15(11-22(21)29-2)19(27)14-25-9-7-23(8-10-25)13-18(26)17-12-16(24)4-6-20(17)30-23/h3-6,11-12,18-19,26-27H,7-10,13-14H2,1-2H3. The van der Waals surface area contributed by atoms with Crippen LogP contribution in [0, 0.1) is 5.82 Å². The molecule has 2 atom stereocenters. The Morgan fingerprint density at radius 2 is 1.87 bits per heavy atom. The zero-order chi connectivity index (χ0) is 21.3. The van der Waals surface area contributed by atoms with Gasteiger partial charge in [0, 0.05) is 31.6 Å². The second kappa shape index (κ2) is 8.41. The number of β-amino-alcohol motifs (C(OH)–C–C–N with tert-alkyl or cyclic N) is 1. The van der Waals surface area contributed by atoms with Crippen molar-refractivity contribution in [2.24, 2.45) is 0 Å². The van der Waals surface area contributed by atoms with Gasteiger partial charge in [0.1, 0.15) is 17.2 Å². The highest BCUT2D eigenvalue weighted by molar-refractivity contribution is 5.43. The summed E-state index contributed by atoms with van der Waals surface area (Å²) in [6.45, 7) is 1.98. The van der Waals surface area contributed by atoms with Gasteiger partial charge in [-0.05, 0) is 48.7 Å². The number of benzene rings is 2. The summed E-state index contributed by atoms with van der Waals surface area (Å²) >= 11 is 0. The quantitative estimate of drug-likeness (QED) is 0.779. The molecule has 6 nitrogen and oxygen atoms in total. The molecule has 2 aliphatic heterocycles. The molecule has 2 aromatic carbocycles. The zero-order valence-corrected chi connectivity index (χ0v) is 17.3. The van der Waals surface area contributed by atoms with E-state index in [2.05, 4.69) is 4.90 Å². The number of rotatable bonds is 5. The average molecular weight is 417 g/mol. The van der Waals surface area contributed by atoms with Crippen LogP contribution < -0.4 is 14.2 Å². The lowest BCUT2D eigenvalue weighted by atomic mass is 9.81. The monoisotopic (exact) mass is 417 g/mol. The summed E-state index contributed by atoms with van der Waals surface area (Å²) < 4.78 is 30.3. The Morgan fingerprint density at radius 3 is 2.57 bits per heavy atom. The summed E-state index contributed by atoms with van der Waals surface area (Å²) in [7, 11) is 3.15. The third-order valence-electron chi connectivity index (χ3n) is 6.21. The fourth-order valence-electron chi connectivity index (χ4n) is 4.47. The van der Waals surface area contributed by atoms with E-state index >= 15 is 0 Å². The molecule has 162 valence electrons. The molecular formula is C23H28FNO5. The Labute approximate surface area is 175 Å². The van der Waals surface area contributed by atoms with Crippen LogP contribution in [0.15, 0.2) is 36.4 Å². The first-order valence-electron chi connectivity index (χ1n) is 10.2. The largest absolute Gasteiger partial charge is 0.493 e. The lowest BCUT2D eigenvalue weighted by molar-refractivity contribution is -0.0589. The zero-order valence-electron chi connectivity index (χ0n) is 17.3. The Morgan fingerprint density at radius 1 is 1.13 bits per heavy atom. The van der Waals surface area contributed by atoms with E-state index in [9.17, 15) is 14.6 Å². The van der Waals surface area contributed by atoms with Gasteiger partial charge in [0.15, 0.2) is 11.5 Å². The van der Waals surface area contributed by atoms with E-state index in [4.69, 9.17) is 14.2 Å². The van der Waals surface area contributed by atoms with E-state index in [0.29, 0.717) is 35.8 Å². The van der Waals surface area contributed by atoms with E-state index in [0.717, 1.165) is 31.5 Å². The van der Waals surface area contributed by atoms with Gasteiger partial charge < -0.3 is 29.3 Å². The van der Waals surface area contributed by atoms with Crippen LogP contribution in [-0.2, 0) is 0 Å². The summed E-state index contributed by atoms with van der Waals surface area (Å²) in [5, 5.41) is 21.2. The molecule has 0 radical (unpaired) electrons. The van der Waals surface area contributed by atoms with Gasteiger partial charge in [0.2, 0.25) is 0 Å². The van der Waals surface area contributed by atoms with Gasteiger partial charge in [0.05, 0.1) is 26.4 Å². The van der Waals surface area contributed by atoms with E-state index in [1.54, 1.807) is 32.4 Å². The van der Waals surface area contributed by atoms with Gasteiger partial charge in [-0.1, -0.05) is 6.07 Å². The third kappa shape index (κ3) is 4.10. The maximum atomic E-state index is 13.5. The fourth-order valence-corrected chi connectivity index (χ4v) is 4.47. The van der Waals surface area contributed by atoms with Crippen molar-refractivity contribution in [3.63, 3.8) is 0 Å². The molecule has 2 aliphatic rings. The van der Waals surface area contributed by atoms with Crippen molar-refractivity contribution in [1.29, 1.82) is 0 Å².